The van der Waals surface area contributed by atoms with Crippen LogP contribution in [0, 0.1) is 5.41 Å². The van der Waals surface area contributed by atoms with Gasteiger partial charge in [0.2, 0.25) is 0 Å². The normalized spacial score (nSPS) is 16.8. The molecule has 0 aromatic carbocycles. The maximum absolute atomic E-state index is 11.8. The number of nitrogen functional groups attached to an aromatic ring is 1. The maximum atomic E-state index is 11.8. The van der Waals surface area contributed by atoms with Gasteiger partial charge in [-0.05, 0) is 18.9 Å². The third-order valence-corrected chi connectivity index (χ3v) is 2.89. The van der Waals surface area contributed by atoms with Crippen LogP contribution in [0.5, 0.6) is 0 Å². The number of carboxylic acid groups (broad SMARTS) is 1. The SMILES string of the molecule is Nc1cncc(C(=O)CC2(C(=O)O)CC2)c1. The largest absolute Gasteiger partial charge is 0.481 e. The van der Waals surface area contributed by atoms with Crippen molar-refractivity contribution in [3.8, 4) is 0 Å². The lowest BCUT2D eigenvalue weighted by Crippen LogP contribution is -2.19. The summed E-state index contributed by atoms with van der Waals surface area (Å²) in [6.07, 6.45) is 4.04. The highest BCUT2D eigenvalue weighted by Gasteiger charge is 2.51. The van der Waals surface area contributed by atoms with Crippen LogP contribution in [0.2, 0.25) is 0 Å². The molecule has 0 unspecified atom stereocenters. The first kappa shape index (κ1) is 10.6. The maximum Gasteiger partial charge on any atom is 0.310 e. The summed E-state index contributed by atoms with van der Waals surface area (Å²) in [5.41, 5.74) is 5.46. The predicted octanol–water partition coefficient (Wildman–Crippen LogP) is 1.10. The number of ketones is 1. The van der Waals surface area contributed by atoms with E-state index in [2.05, 4.69) is 4.98 Å². The summed E-state index contributed by atoms with van der Waals surface area (Å²) >= 11 is 0. The molecule has 84 valence electrons. The standard InChI is InChI=1S/C11H12N2O3/c12-8-3-7(5-13-6-8)9(14)4-11(1-2-11)10(15)16/h3,5-6H,1-2,4,12H2,(H,15,16). The lowest BCUT2D eigenvalue weighted by Gasteiger charge is -2.08. The Labute approximate surface area is 92.3 Å². The van der Waals surface area contributed by atoms with Gasteiger partial charge in [0.25, 0.3) is 0 Å². The highest BCUT2D eigenvalue weighted by Crippen LogP contribution is 2.49. The van der Waals surface area contributed by atoms with Crippen LogP contribution >= 0.6 is 0 Å². The van der Waals surface area contributed by atoms with Gasteiger partial charge < -0.3 is 10.8 Å². The summed E-state index contributed by atoms with van der Waals surface area (Å²) in [7, 11) is 0. The molecule has 1 aromatic heterocycles. The number of aliphatic carboxylic acids is 1. The van der Waals surface area contributed by atoms with Gasteiger partial charge in [-0.2, -0.15) is 0 Å². The molecule has 0 bridgehead atoms. The Hall–Kier alpha value is -1.91. The van der Waals surface area contributed by atoms with Crippen molar-refractivity contribution >= 4 is 17.4 Å². The lowest BCUT2D eigenvalue weighted by molar-refractivity contribution is -0.143. The number of nitrogens with zero attached hydrogens (tertiary/aromatic N) is 1. The average Bonchev–Trinajstić information content (AvgIpc) is 2.99. The van der Waals surface area contributed by atoms with Crippen LogP contribution < -0.4 is 5.73 Å². The second-order valence-corrected chi connectivity index (χ2v) is 4.19. The van der Waals surface area contributed by atoms with Gasteiger partial charge >= 0.3 is 5.97 Å². The monoisotopic (exact) mass is 220 g/mol. The van der Waals surface area contributed by atoms with Gasteiger partial charge in [0.05, 0.1) is 11.1 Å². The van der Waals surface area contributed by atoms with Crippen LogP contribution in [0.4, 0.5) is 5.69 Å². The van der Waals surface area contributed by atoms with Crippen LogP contribution in [-0.4, -0.2) is 21.8 Å². The molecule has 0 radical (unpaired) electrons. The van der Waals surface area contributed by atoms with Crippen molar-refractivity contribution in [3.63, 3.8) is 0 Å². The number of hydrogen-bond donors (Lipinski definition) is 2. The van der Waals surface area contributed by atoms with E-state index in [1.165, 1.54) is 18.5 Å². The van der Waals surface area contributed by atoms with E-state index in [4.69, 9.17) is 10.8 Å². The fourth-order valence-corrected chi connectivity index (χ4v) is 1.64. The molecule has 5 nitrogen and oxygen atoms in total. The molecule has 1 fully saturated rings. The Balaban J connectivity index is 2.12. The summed E-state index contributed by atoms with van der Waals surface area (Å²) in [5.74, 6) is -1.10. The molecule has 3 N–H and O–H groups in total. The Morgan fingerprint density at radius 1 is 1.44 bits per heavy atom. The molecule has 16 heavy (non-hydrogen) atoms. The molecule has 5 heteroatoms. The minimum absolute atomic E-state index is 0.0352. The predicted molar refractivity (Wildman–Crippen MR) is 56.9 cm³/mol. The second kappa shape index (κ2) is 3.59. The van der Waals surface area contributed by atoms with Crippen molar-refractivity contribution in [2.24, 2.45) is 5.41 Å². The molecule has 1 aliphatic carbocycles. The number of carbonyl (C=O) groups is 2. The van der Waals surface area contributed by atoms with Gasteiger partial charge in [-0.1, -0.05) is 0 Å². The lowest BCUT2D eigenvalue weighted by atomic mass is 9.96. The van der Waals surface area contributed by atoms with Crippen LogP contribution in [0.3, 0.4) is 0 Å². The van der Waals surface area contributed by atoms with Gasteiger partial charge in [0.15, 0.2) is 5.78 Å². The average molecular weight is 220 g/mol. The first-order valence-corrected chi connectivity index (χ1v) is 5.01. The number of Topliss-reactive ketones (excluding diaryl/α,β-unsaturated/α-hetero) is 1. The molecule has 0 aliphatic heterocycles. The molecule has 2 rings (SSSR count). The van der Waals surface area contributed by atoms with E-state index in [0.717, 1.165) is 0 Å². The van der Waals surface area contributed by atoms with E-state index < -0.39 is 11.4 Å². The molecule has 0 saturated heterocycles. The number of carboxylic acids is 1. The molecule has 0 amide bonds. The fraction of sp³-hybridized carbons (Fsp3) is 0.364. The van der Waals surface area contributed by atoms with E-state index in [9.17, 15) is 9.59 Å². The Kier molecular flexibility index (Phi) is 2.38. The zero-order valence-electron chi connectivity index (χ0n) is 8.64. The third-order valence-electron chi connectivity index (χ3n) is 2.89. The molecule has 1 aliphatic rings. The van der Waals surface area contributed by atoms with Crippen molar-refractivity contribution in [2.75, 3.05) is 5.73 Å². The van der Waals surface area contributed by atoms with Crippen LogP contribution in [0.1, 0.15) is 29.6 Å². The fourth-order valence-electron chi connectivity index (χ4n) is 1.64. The molecule has 0 atom stereocenters. The van der Waals surface area contributed by atoms with E-state index >= 15 is 0 Å². The molecular formula is C11H12N2O3. The molecule has 0 spiro atoms. The van der Waals surface area contributed by atoms with E-state index in [1.54, 1.807) is 0 Å². The smallest absolute Gasteiger partial charge is 0.310 e. The molecule has 1 aromatic rings. The van der Waals surface area contributed by atoms with Gasteiger partial charge in [0.1, 0.15) is 0 Å². The van der Waals surface area contributed by atoms with Gasteiger partial charge in [-0.25, -0.2) is 0 Å². The van der Waals surface area contributed by atoms with Crippen molar-refractivity contribution in [2.45, 2.75) is 19.3 Å². The minimum atomic E-state index is -0.891. The Bertz CT molecular complexity index is 452. The number of aromatic nitrogens is 1. The molecule has 1 heterocycles. The van der Waals surface area contributed by atoms with Gasteiger partial charge in [0, 0.05) is 24.4 Å². The van der Waals surface area contributed by atoms with E-state index in [1.807, 2.05) is 0 Å². The summed E-state index contributed by atoms with van der Waals surface area (Å²) in [6.45, 7) is 0. The van der Waals surface area contributed by atoms with Crippen molar-refractivity contribution < 1.29 is 14.7 Å². The Morgan fingerprint density at radius 3 is 2.62 bits per heavy atom. The second-order valence-electron chi connectivity index (χ2n) is 4.19. The molecular weight excluding hydrogens is 208 g/mol. The van der Waals surface area contributed by atoms with E-state index in [0.29, 0.717) is 24.1 Å². The van der Waals surface area contributed by atoms with Crippen molar-refractivity contribution in [1.29, 1.82) is 0 Å². The number of hydrogen-bond acceptors (Lipinski definition) is 4. The first-order valence-electron chi connectivity index (χ1n) is 5.01. The van der Waals surface area contributed by atoms with Crippen molar-refractivity contribution in [3.05, 3.63) is 24.0 Å². The van der Waals surface area contributed by atoms with Gasteiger partial charge in [-0.3, -0.25) is 14.6 Å². The highest BCUT2D eigenvalue weighted by molar-refractivity contribution is 5.99. The summed E-state index contributed by atoms with van der Waals surface area (Å²) in [5, 5.41) is 8.96. The first-order chi connectivity index (χ1) is 7.53. The number of pyridine rings is 1. The molecule has 1 saturated carbocycles. The van der Waals surface area contributed by atoms with Crippen LogP contribution in [-0.2, 0) is 4.79 Å². The zero-order chi connectivity index (χ0) is 11.8. The zero-order valence-corrected chi connectivity index (χ0v) is 8.64. The number of carbonyl (C=O) groups excluding carboxylic acids is 1. The third kappa shape index (κ3) is 1.88. The van der Waals surface area contributed by atoms with Crippen LogP contribution in [0.15, 0.2) is 18.5 Å². The van der Waals surface area contributed by atoms with Gasteiger partial charge in [-0.15, -0.1) is 0 Å². The number of nitrogens with two attached hydrogens (primary N) is 1. The van der Waals surface area contributed by atoms with Crippen molar-refractivity contribution in [1.82, 2.24) is 4.98 Å². The topological polar surface area (TPSA) is 93.3 Å². The minimum Gasteiger partial charge on any atom is -0.481 e. The summed E-state index contributed by atoms with van der Waals surface area (Å²) in [6, 6.07) is 1.52. The summed E-state index contributed by atoms with van der Waals surface area (Å²) < 4.78 is 0. The van der Waals surface area contributed by atoms with E-state index in [-0.39, 0.29) is 12.2 Å². The summed E-state index contributed by atoms with van der Waals surface area (Å²) in [4.78, 5) is 26.5. The van der Waals surface area contributed by atoms with Crippen LogP contribution in [0.25, 0.3) is 0 Å². The number of anilines is 1. The highest BCUT2D eigenvalue weighted by atomic mass is 16.4. The quantitative estimate of drug-likeness (QED) is 0.741. The number of rotatable bonds is 4. The Morgan fingerprint density at radius 2 is 2.12 bits per heavy atom.